The lowest BCUT2D eigenvalue weighted by Gasteiger charge is -2.12. The molecule has 4 amide bonds. The molecule has 0 spiro atoms. The molecule has 2 aromatic carbocycles. The molecule has 14 heteroatoms. The summed E-state index contributed by atoms with van der Waals surface area (Å²) in [5.74, 6) is 1.80. The maximum Gasteiger partial charge on any atom is 0.417 e. The fourth-order valence-corrected chi connectivity index (χ4v) is 3.25. The summed E-state index contributed by atoms with van der Waals surface area (Å²) in [6.45, 7) is 1.47. The van der Waals surface area contributed by atoms with Crippen LogP contribution in [0, 0.1) is 0 Å². The average Bonchev–Trinajstić information content (AvgIpc) is 3.36. The minimum atomic E-state index is -4.63. The van der Waals surface area contributed by atoms with Gasteiger partial charge in [-0.25, -0.2) is 9.59 Å². The summed E-state index contributed by atoms with van der Waals surface area (Å²) in [6.07, 6.45) is -3.01. The largest absolute Gasteiger partial charge is 0.457 e. The van der Waals surface area contributed by atoms with Crippen molar-refractivity contribution in [1.29, 1.82) is 0 Å². The van der Waals surface area contributed by atoms with Crippen LogP contribution >= 0.6 is 11.6 Å². The van der Waals surface area contributed by atoms with Crippen LogP contribution in [-0.2, 0) is 6.18 Å². The second-order valence-electron chi connectivity index (χ2n) is 7.33. The summed E-state index contributed by atoms with van der Waals surface area (Å²) in [7, 11) is 0. The van der Waals surface area contributed by atoms with E-state index in [9.17, 15) is 18.0 Å². The van der Waals surface area contributed by atoms with Crippen LogP contribution < -0.4 is 32.2 Å². The van der Waals surface area contributed by atoms with Gasteiger partial charge in [0.05, 0.1) is 17.1 Å². The number of nitrogens with one attached hydrogen (secondary N) is 3. The quantitative estimate of drug-likeness (QED) is 0.323. The smallest absolute Gasteiger partial charge is 0.417 e. The van der Waals surface area contributed by atoms with E-state index in [1.807, 2.05) is 0 Å². The van der Waals surface area contributed by atoms with Crippen LogP contribution in [0.2, 0.25) is 5.02 Å². The zero-order chi connectivity index (χ0) is 27.0. The summed E-state index contributed by atoms with van der Waals surface area (Å²) in [5, 5.41) is 7.60. The van der Waals surface area contributed by atoms with E-state index in [1.54, 1.807) is 42.6 Å². The number of hydrogen-bond donors (Lipinski definition) is 5. The number of nitrogens with zero attached hydrogens (tertiary/aromatic N) is 2. The van der Waals surface area contributed by atoms with E-state index in [1.165, 1.54) is 6.07 Å². The van der Waals surface area contributed by atoms with Gasteiger partial charge in [0, 0.05) is 30.2 Å². The molecule has 3 aromatic rings. The SMILES string of the molecule is NC(N)=O.O=C(Nc1ccc(Oc2ccnc(C3=NCCN3)c2)cc1)Nc1ccc(Cl)c(C(F)(F)F)c1. The predicted octanol–water partition coefficient (Wildman–Crippen LogP) is 4.56. The standard InChI is InChI=1S/C22H17ClF3N5O2.CH4N2O/c23-18-6-3-14(11-17(18)22(24,25)26)31-21(32)30-13-1-4-15(5-2-13)33-16-7-8-27-19(12-16)20-28-9-10-29-20;2-1(3)4/h1-8,11-12H,9-10H2,(H,28,29)(H2,30,31,32);(H4,2,3,4). The summed E-state index contributed by atoms with van der Waals surface area (Å²) in [6, 6.07) is 11.5. The van der Waals surface area contributed by atoms with Crippen molar-refractivity contribution in [2.75, 3.05) is 23.7 Å². The molecule has 0 radical (unpaired) electrons. The zero-order valence-corrected chi connectivity index (χ0v) is 19.7. The van der Waals surface area contributed by atoms with Crippen molar-refractivity contribution < 1.29 is 27.5 Å². The Labute approximate surface area is 213 Å². The predicted molar refractivity (Wildman–Crippen MR) is 133 cm³/mol. The first-order chi connectivity index (χ1) is 17.5. The third-order valence-corrected chi connectivity index (χ3v) is 4.86. The van der Waals surface area contributed by atoms with Crippen molar-refractivity contribution >= 4 is 40.9 Å². The van der Waals surface area contributed by atoms with Crippen molar-refractivity contribution in [3.63, 3.8) is 0 Å². The first-order valence-corrected chi connectivity index (χ1v) is 10.9. The van der Waals surface area contributed by atoms with E-state index in [0.717, 1.165) is 18.7 Å². The van der Waals surface area contributed by atoms with Gasteiger partial charge in [0.1, 0.15) is 23.0 Å². The number of amides is 4. The molecule has 10 nitrogen and oxygen atoms in total. The summed E-state index contributed by atoms with van der Waals surface area (Å²) >= 11 is 5.59. The average molecular weight is 536 g/mol. The Morgan fingerprint density at radius 1 is 0.973 bits per heavy atom. The molecule has 1 aromatic heterocycles. The van der Waals surface area contributed by atoms with Crippen LogP contribution in [-0.4, -0.2) is 36.0 Å². The number of pyridine rings is 1. The van der Waals surface area contributed by atoms with E-state index in [-0.39, 0.29) is 5.69 Å². The van der Waals surface area contributed by atoms with Crippen molar-refractivity contribution in [2.24, 2.45) is 16.5 Å². The van der Waals surface area contributed by atoms with Crippen molar-refractivity contribution in [2.45, 2.75) is 6.18 Å². The van der Waals surface area contributed by atoms with Gasteiger partial charge in [-0.3, -0.25) is 9.98 Å². The van der Waals surface area contributed by atoms with Gasteiger partial charge in [-0.1, -0.05) is 11.6 Å². The molecule has 194 valence electrons. The van der Waals surface area contributed by atoms with Crippen molar-refractivity contribution in [1.82, 2.24) is 10.3 Å². The minimum Gasteiger partial charge on any atom is -0.457 e. The highest BCUT2D eigenvalue weighted by Crippen LogP contribution is 2.36. The Bertz CT molecular complexity index is 1300. The Morgan fingerprint density at radius 2 is 1.62 bits per heavy atom. The second-order valence-corrected chi connectivity index (χ2v) is 7.74. The molecule has 0 aliphatic carbocycles. The number of aromatic nitrogens is 1. The van der Waals surface area contributed by atoms with Crippen LogP contribution in [0.25, 0.3) is 0 Å². The number of aliphatic imine (C=N–C) groups is 1. The number of carbonyl (C=O) groups is 2. The third-order valence-electron chi connectivity index (χ3n) is 4.53. The topological polar surface area (TPSA) is 157 Å². The van der Waals surface area contributed by atoms with Crippen LogP contribution in [0.1, 0.15) is 11.3 Å². The lowest BCUT2D eigenvalue weighted by atomic mass is 10.2. The van der Waals surface area contributed by atoms with Gasteiger partial charge in [-0.15, -0.1) is 0 Å². The molecule has 0 fully saturated rings. The number of ether oxygens (including phenoxy) is 1. The number of nitrogens with two attached hydrogens (primary N) is 2. The van der Waals surface area contributed by atoms with Gasteiger partial charge >= 0.3 is 18.2 Å². The number of halogens is 4. The molecule has 4 rings (SSSR count). The van der Waals surface area contributed by atoms with Crippen molar-refractivity contribution in [3.8, 4) is 11.5 Å². The van der Waals surface area contributed by atoms with Crippen LogP contribution in [0.3, 0.4) is 0 Å². The van der Waals surface area contributed by atoms with Gasteiger partial charge in [-0.2, -0.15) is 13.2 Å². The highest BCUT2D eigenvalue weighted by Gasteiger charge is 2.33. The highest BCUT2D eigenvalue weighted by molar-refractivity contribution is 6.31. The Morgan fingerprint density at radius 3 is 2.24 bits per heavy atom. The Balaban J connectivity index is 0.000000886. The molecule has 2 heterocycles. The van der Waals surface area contributed by atoms with E-state index >= 15 is 0 Å². The third kappa shape index (κ3) is 8.28. The normalized spacial score (nSPS) is 12.4. The van der Waals surface area contributed by atoms with Gasteiger partial charge in [-0.05, 0) is 48.5 Å². The van der Waals surface area contributed by atoms with Crippen LogP contribution in [0.5, 0.6) is 11.5 Å². The van der Waals surface area contributed by atoms with Gasteiger partial charge in [0.25, 0.3) is 0 Å². The van der Waals surface area contributed by atoms with E-state index < -0.39 is 28.8 Å². The number of anilines is 2. The highest BCUT2D eigenvalue weighted by atomic mass is 35.5. The number of hydrogen-bond acceptors (Lipinski definition) is 6. The number of carbonyl (C=O) groups excluding carboxylic acids is 2. The molecule has 0 unspecified atom stereocenters. The summed E-state index contributed by atoms with van der Waals surface area (Å²) in [4.78, 5) is 29.8. The van der Waals surface area contributed by atoms with Gasteiger partial charge in [0.2, 0.25) is 0 Å². The first-order valence-electron chi connectivity index (χ1n) is 10.5. The fourth-order valence-electron chi connectivity index (χ4n) is 3.03. The van der Waals surface area contributed by atoms with Gasteiger partial charge < -0.3 is 32.2 Å². The van der Waals surface area contributed by atoms with E-state index in [2.05, 4.69) is 37.4 Å². The number of benzene rings is 2. The number of rotatable bonds is 5. The monoisotopic (exact) mass is 535 g/mol. The molecular weight excluding hydrogens is 515 g/mol. The molecule has 1 aliphatic heterocycles. The van der Waals surface area contributed by atoms with Crippen LogP contribution in [0.15, 0.2) is 65.8 Å². The molecule has 0 bridgehead atoms. The Kier molecular flexibility index (Phi) is 8.74. The summed E-state index contributed by atoms with van der Waals surface area (Å²) < 4.78 is 44.7. The molecule has 0 atom stereocenters. The first kappa shape index (κ1) is 27.1. The number of urea groups is 2. The lowest BCUT2D eigenvalue weighted by molar-refractivity contribution is -0.137. The molecule has 7 N–H and O–H groups in total. The van der Waals surface area contributed by atoms with Crippen molar-refractivity contribution in [3.05, 3.63) is 77.1 Å². The number of amidine groups is 1. The maximum atomic E-state index is 13.0. The zero-order valence-electron chi connectivity index (χ0n) is 19.0. The maximum absolute atomic E-state index is 13.0. The molecule has 1 aliphatic rings. The van der Waals surface area contributed by atoms with Gasteiger partial charge in [0.15, 0.2) is 0 Å². The number of alkyl halides is 3. The van der Waals surface area contributed by atoms with Crippen LogP contribution in [0.4, 0.5) is 34.1 Å². The molecule has 0 saturated carbocycles. The Hall–Kier alpha value is -4.52. The molecular formula is C23H21ClF3N7O3. The number of primary amides is 2. The minimum absolute atomic E-state index is 0.0426. The molecule has 37 heavy (non-hydrogen) atoms. The lowest BCUT2D eigenvalue weighted by Crippen LogP contribution is -2.20. The second kappa shape index (κ2) is 11.9. The van der Waals surface area contributed by atoms with E-state index in [4.69, 9.17) is 21.1 Å². The van der Waals surface area contributed by atoms with E-state index in [0.29, 0.717) is 35.3 Å². The fraction of sp³-hybridized carbons (Fsp3) is 0.130. The summed E-state index contributed by atoms with van der Waals surface area (Å²) in [5.41, 5.74) is 8.53. The molecule has 0 saturated heterocycles.